The van der Waals surface area contributed by atoms with E-state index in [2.05, 4.69) is 41.4 Å². The number of carbonyl (C=O) groups excluding carboxylic acids is 2. The molecule has 8 nitrogen and oxygen atoms in total. The molecule has 6 rings (SSSR count). The Morgan fingerprint density at radius 1 is 1.19 bits per heavy atom. The molecule has 4 aliphatic rings. The first-order chi connectivity index (χ1) is 17.4. The Morgan fingerprint density at radius 2 is 1.92 bits per heavy atom. The zero-order chi connectivity index (χ0) is 26.6. The number of amides is 2. The molecule has 2 heterocycles. The van der Waals surface area contributed by atoms with E-state index in [-0.39, 0.29) is 23.1 Å². The van der Waals surface area contributed by atoms with Crippen LogP contribution in [0.2, 0.25) is 5.02 Å². The maximum absolute atomic E-state index is 13.5. The summed E-state index contributed by atoms with van der Waals surface area (Å²) in [7, 11) is -0.615. The molecule has 37 heavy (non-hydrogen) atoms. The molecule has 2 bridgehead atoms. The van der Waals surface area contributed by atoms with Crippen molar-refractivity contribution in [3.8, 4) is 0 Å². The van der Waals surface area contributed by atoms with Crippen molar-refractivity contribution in [3.05, 3.63) is 59.1 Å². The van der Waals surface area contributed by atoms with Crippen molar-refractivity contribution in [2.24, 2.45) is 17.3 Å². The predicted octanol–water partition coefficient (Wildman–Crippen LogP) is 3.63. The first-order valence-electron chi connectivity index (χ1n) is 12.9. The standard InChI is InChI=1S/C27H34BClN4O4/c1-25(2)17-13-20(25)27(5)21(14-17)36-28(37-27)22(12-16-6-8-18(29)9-7-16)32-24(35)26(3,4)33-23(34)19-15-30-10-11-31-19/h6-11,15,17,20-22H,12-14H2,1-5H3,(H,32,35)(H,33,34)/t17-,20-,21+,22-,27-/m0/s1. The average molecular weight is 525 g/mol. The van der Waals surface area contributed by atoms with Crippen LogP contribution in [0.15, 0.2) is 42.9 Å². The summed E-state index contributed by atoms with van der Waals surface area (Å²) in [5.41, 5.74) is -0.270. The highest BCUT2D eigenvalue weighted by molar-refractivity contribution is 6.48. The second-order valence-corrected chi connectivity index (χ2v) is 12.4. The third-order valence-electron chi connectivity index (χ3n) is 8.77. The van der Waals surface area contributed by atoms with Gasteiger partial charge in [0, 0.05) is 17.4 Å². The first-order valence-corrected chi connectivity index (χ1v) is 13.2. The summed E-state index contributed by atoms with van der Waals surface area (Å²) < 4.78 is 13.2. The zero-order valence-electron chi connectivity index (χ0n) is 22.0. The number of halogens is 1. The third kappa shape index (κ3) is 4.77. The lowest BCUT2D eigenvalue weighted by Gasteiger charge is -2.64. The molecular formula is C27H34BClN4O4. The van der Waals surface area contributed by atoms with E-state index < -0.39 is 30.1 Å². The van der Waals surface area contributed by atoms with Crippen LogP contribution in [0.1, 0.15) is 63.5 Å². The first kappa shape index (κ1) is 26.1. The third-order valence-corrected chi connectivity index (χ3v) is 9.02. The van der Waals surface area contributed by atoms with E-state index in [1.165, 1.54) is 18.6 Å². The van der Waals surface area contributed by atoms with Gasteiger partial charge in [-0.1, -0.05) is 37.6 Å². The van der Waals surface area contributed by atoms with Crippen LogP contribution in [0.4, 0.5) is 0 Å². The van der Waals surface area contributed by atoms with Crippen molar-refractivity contribution in [2.45, 2.75) is 77.1 Å². The summed E-state index contributed by atoms with van der Waals surface area (Å²) in [4.78, 5) is 34.2. The van der Waals surface area contributed by atoms with Gasteiger partial charge in [-0.05, 0) is 75.0 Å². The molecule has 3 aliphatic carbocycles. The van der Waals surface area contributed by atoms with Crippen LogP contribution < -0.4 is 10.6 Å². The van der Waals surface area contributed by atoms with Gasteiger partial charge in [-0.3, -0.25) is 14.6 Å². The van der Waals surface area contributed by atoms with Crippen LogP contribution in [0.3, 0.4) is 0 Å². The average Bonchev–Trinajstić information content (AvgIpc) is 3.22. The van der Waals surface area contributed by atoms with Crippen LogP contribution in [-0.4, -0.2) is 52.1 Å². The number of rotatable bonds is 7. The highest BCUT2D eigenvalue weighted by atomic mass is 35.5. The zero-order valence-corrected chi connectivity index (χ0v) is 22.7. The molecule has 0 unspecified atom stereocenters. The van der Waals surface area contributed by atoms with Crippen molar-refractivity contribution in [1.82, 2.24) is 20.6 Å². The van der Waals surface area contributed by atoms with Gasteiger partial charge in [0.25, 0.3) is 5.91 Å². The molecular weight excluding hydrogens is 491 g/mol. The summed E-state index contributed by atoms with van der Waals surface area (Å²) in [5.74, 6) is -0.262. The highest BCUT2D eigenvalue weighted by Gasteiger charge is 2.68. The Hall–Kier alpha value is -2.49. The van der Waals surface area contributed by atoms with Crippen LogP contribution in [0.25, 0.3) is 0 Å². The van der Waals surface area contributed by atoms with Crippen molar-refractivity contribution in [1.29, 1.82) is 0 Å². The van der Waals surface area contributed by atoms with Gasteiger partial charge in [-0.25, -0.2) is 4.98 Å². The molecule has 2 N–H and O–H groups in total. The number of carbonyl (C=O) groups is 2. The Morgan fingerprint density at radius 3 is 2.57 bits per heavy atom. The molecule has 0 spiro atoms. The predicted molar refractivity (Wildman–Crippen MR) is 141 cm³/mol. The van der Waals surface area contributed by atoms with E-state index in [1.54, 1.807) is 13.8 Å². The normalized spacial score (nSPS) is 28.6. The molecule has 10 heteroatoms. The van der Waals surface area contributed by atoms with Crippen LogP contribution in [0, 0.1) is 17.3 Å². The van der Waals surface area contributed by atoms with Gasteiger partial charge in [-0.2, -0.15) is 0 Å². The molecule has 0 radical (unpaired) electrons. The molecule has 2 amide bonds. The number of benzene rings is 1. The second-order valence-electron chi connectivity index (χ2n) is 11.9. The van der Waals surface area contributed by atoms with E-state index in [0.717, 1.165) is 18.4 Å². The Kier molecular flexibility index (Phi) is 6.61. The maximum atomic E-state index is 13.5. The number of nitrogens with one attached hydrogen (secondary N) is 2. The minimum Gasteiger partial charge on any atom is -0.404 e. The Balaban J connectivity index is 1.35. The Bertz CT molecular complexity index is 1180. The SMILES string of the molecule is CC(C)(NC(=O)c1cnccn1)C(=O)N[C@@H](Cc1ccc(Cl)cc1)B1O[C@@H]2C[C@@H]3C[C@@H](C3(C)C)[C@]2(C)O1. The summed E-state index contributed by atoms with van der Waals surface area (Å²) in [6, 6.07) is 7.53. The molecule has 1 aromatic carbocycles. The lowest BCUT2D eigenvalue weighted by molar-refractivity contribution is -0.199. The van der Waals surface area contributed by atoms with E-state index in [4.69, 9.17) is 20.9 Å². The van der Waals surface area contributed by atoms with Gasteiger partial charge < -0.3 is 19.9 Å². The largest absolute Gasteiger partial charge is 0.482 e. The molecule has 1 aliphatic heterocycles. The molecule has 1 aromatic heterocycles. The lowest BCUT2D eigenvalue weighted by Crippen LogP contribution is -2.65. The molecule has 2 aromatic rings. The number of hydrogen-bond donors (Lipinski definition) is 2. The fourth-order valence-electron chi connectivity index (χ4n) is 6.33. The number of aromatic nitrogens is 2. The van der Waals surface area contributed by atoms with Gasteiger partial charge in [0.1, 0.15) is 11.2 Å². The van der Waals surface area contributed by atoms with Crippen LogP contribution in [-0.2, 0) is 20.5 Å². The molecule has 1 saturated heterocycles. The van der Waals surface area contributed by atoms with Crippen LogP contribution in [0.5, 0.6) is 0 Å². The monoisotopic (exact) mass is 524 g/mol. The van der Waals surface area contributed by atoms with Gasteiger partial charge in [-0.15, -0.1) is 0 Å². The smallest absolute Gasteiger partial charge is 0.404 e. The summed E-state index contributed by atoms with van der Waals surface area (Å²) in [5, 5.41) is 6.54. The fraction of sp³-hybridized carbons (Fsp3) is 0.556. The number of hydrogen-bond acceptors (Lipinski definition) is 6. The summed E-state index contributed by atoms with van der Waals surface area (Å²) in [6.07, 6.45) is 6.86. The van der Waals surface area contributed by atoms with Gasteiger partial charge in [0.2, 0.25) is 5.91 Å². The van der Waals surface area contributed by atoms with Crippen molar-refractivity contribution in [3.63, 3.8) is 0 Å². The van der Waals surface area contributed by atoms with Gasteiger partial charge in [0.15, 0.2) is 0 Å². The van der Waals surface area contributed by atoms with Crippen molar-refractivity contribution < 1.29 is 18.9 Å². The van der Waals surface area contributed by atoms with Crippen LogP contribution >= 0.6 is 11.6 Å². The van der Waals surface area contributed by atoms with E-state index in [0.29, 0.717) is 23.3 Å². The van der Waals surface area contributed by atoms with Crippen molar-refractivity contribution >= 4 is 30.5 Å². The van der Waals surface area contributed by atoms with E-state index >= 15 is 0 Å². The lowest BCUT2D eigenvalue weighted by atomic mass is 9.43. The van der Waals surface area contributed by atoms with E-state index in [1.807, 2.05) is 24.3 Å². The highest BCUT2D eigenvalue weighted by Crippen LogP contribution is 2.65. The molecule has 5 atom stereocenters. The van der Waals surface area contributed by atoms with Gasteiger partial charge >= 0.3 is 7.12 Å². The second kappa shape index (κ2) is 9.36. The summed E-state index contributed by atoms with van der Waals surface area (Å²) >= 11 is 6.10. The minimum atomic E-state index is -1.22. The van der Waals surface area contributed by atoms with Crippen molar-refractivity contribution in [2.75, 3.05) is 0 Å². The Labute approximate surface area is 223 Å². The molecule has 196 valence electrons. The quantitative estimate of drug-likeness (QED) is 0.536. The summed E-state index contributed by atoms with van der Waals surface area (Å²) in [6.45, 7) is 10.1. The molecule has 4 fully saturated rings. The minimum absolute atomic E-state index is 0.0109. The van der Waals surface area contributed by atoms with E-state index in [9.17, 15) is 9.59 Å². The van der Waals surface area contributed by atoms with Gasteiger partial charge in [0.05, 0.1) is 23.8 Å². The number of nitrogens with zero attached hydrogens (tertiary/aromatic N) is 2. The molecule has 3 saturated carbocycles. The maximum Gasteiger partial charge on any atom is 0.482 e. The fourth-order valence-corrected chi connectivity index (χ4v) is 6.46. The topological polar surface area (TPSA) is 102 Å².